The molecule has 2 amide bonds. The fourth-order valence-electron chi connectivity index (χ4n) is 3.12. The van der Waals surface area contributed by atoms with E-state index in [9.17, 15) is 4.79 Å². The van der Waals surface area contributed by atoms with Gasteiger partial charge in [-0.25, -0.2) is 4.79 Å². The van der Waals surface area contributed by atoms with Gasteiger partial charge in [0.25, 0.3) is 0 Å². The molecule has 0 radical (unpaired) electrons. The smallest absolute Gasteiger partial charge is 0.314 e. The number of anilines is 1. The first kappa shape index (κ1) is 14.7. The summed E-state index contributed by atoms with van der Waals surface area (Å²) in [6.45, 7) is 8.12. The first-order chi connectivity index (χ1) is 10.6. The SMILES string of the molecule is CCc1nn(CC)c2cc(N3CCN(C(N)=O)CC3)ccc12. The largest absolute Gasteiger partial charge is 0.368 e. The number of amides is 2. The summed E-state index contributed by atoms with van der Waals surface area (Å²) in [6, 6.07) is 6.21. The van der Waals surface area contributed by atoms with Crippen LogP contribution in [-0.4, -0.2) is 46.9 Å². The summed E-state index contributed by atoms with van der Waals surface area (Å²) in [5, 5.41) is 5.92. The number of fused-ring (bicyclic) bond motifs is 1. The van der Waals surface area contributed by atoms with Crippen LogP contribution < -0.4 is 10.6 Å². The van der Waals surface area contributed by atoms with Gasteiger partial charge < -0.3 is 15.5 Å². The van der Waals surface area contributed by atoms with Crippen LogP contribution in [0.5, 0.6) is 0 Å². The van der Waals surface area contributed by atoms with Crippen molar-refractivity contribution in [3.63, 3.8) is 0 Å². The summed E-state index contributed by atoms with van der Waals surface area (Å²) < 4.78 is 2.07. The van der Waals surface area contributed by atoms with Crippen LogP contribution in [0.25, 0.3) is 10.9 Å². The summed E-state index contributed by atoms with van der Waals surface area (Å²) in [7, 11) is 0. The summed E-state index contributed by atoms with van der Waals surface area (Å²) in [6.07, 6.45) is 0.945. The number of urea groups is 1. The van der Waals surface area contributed by atoms with Crippen molar-refractivity contribution in [1.82, 2.24) is 14.7 Å². The molecule has 1 aromatic carbocycles. The Morgan fingerprint density at radius 3 is 2.55 bits per heavy atom. The summed E-state index contributed by atoms with van der Waals surface area (Å²) in [5.41, 5.74) is 8.87. The van der Waals surface area contributed by atoms with Gasteiger partial charge in [-0.15, -0.1) is 0 Å². The van der Waals surface area contributed by atoms with Crippen LogP contribution in [0.1, 0.15) is 19.5 Å². The molecule has 6 nitrogen and oxygen atoms in total. The van der Waals surface area contributed by atoms with Crippen LogP contribution >= 0.6 is 0 Å². The van der Waals surface area contributed by atoms with E-state index in [0.29, 0.717) is 13.1 Å². The lowest BCUT2D eigenvalue weighted by molar-refractivity contribution is 0.204. The number of nitrogens with zero attached hydrogens (tertiary/aromatic N) is 4. The standard InChI is InChI=1S/C16H23N5O/c1-3-14-13-6-5-12(11-15(13)21(4-2)18-14)19-7-9-20(10-8-19)16(17)22/h5-6,11H,3-4,7-10H2,1-2H3,(H2,17,22). The number of rotatable bonds is 3. The lowest BCUT2D eigenvalue weighted by Crippen LogP contribution is -2.50. The van der Waals surface area contributed by atoms with Crippen molar-refractivity contribution in [3.8, 4) is 0 Å². The monoisotopic (exact) mass is 301 g/mol. The van der Waals surface area contributed by atoms with Crippen molar-refractivity contribution in [1.29, 1.82) is 0 Å². The van der Waals surface area contributed by atoms with Crippen LogP contribution in [0.3, 0.4) is 0 Å². The van der Waals surface area contributed by atoms with Gasteiger partial charge in [0, 0.05) is 43.8 Å². The fourth-order valence-corrected chi connectivity index (χ4v) is 3.12. The lowest BCUT2D eigenvalue weighted by atomic mass is 10.1. The van der Waals surface area contributed by atoms with E-state index in [-0.39, 0.29) is 6.03 Å². The van der Waals surface area contributed by atoms with E-state index < -0.39 is 0 Å². The highest BCUT2D eigenvalue weighted by molar-refractivity contribution is 5.85. The highest BCUT2D eigenvalue weighted by atomic mass is 16.2. The normalized spacial score (nSPS) is 15.5. The first-order valence-electron chi connectivity index (χ1n) is 7.92. The molecule has 0 atom stereocenters. The quantitative estimate of drug-likeness (QED) is 0.940. The van der Waals surface area contributed by atoms with Crippen molar-refractivity contribution in [2.24, 2.45) is 5.73 Å². The molecule has 0 bridgehead atoms. The maximum atomic E-state index is 11.2. The molecule has 0 unspecified atom stereocenters. The number of aryl methyl sites for hydroxylation is 2. The molecule has 0 saturated carbocycles. The van der Waals surface area contributed by atoms with Gasteiger partial charge in [0.2, 0.25) is 0 Å². The topological polar surface area (TPSA) is 67.4 Å². The van der Waals surface area contributed by atoms with E-state index in [2.05, 4.69) is 46.7 Å². The summed E-state index contributed by atoms with van der Waals surface area (Å²) >= 11 is 0. The molecule has 1 saturated heterocycles. The van der Waals surface area contributed by atoms with E-state index in [0.717, 1.165) is 31.7 Å². The second-order valence-corrected chi connectivity index (χ2v) is 5.63. The molecule has 0 aliphatic carbocycles. The third-order valence-electron chi connectivity index (χ3n) is 4.40. The van der Waals surface area contributed by atoms with Gasteiger partial charge in [0.15, 0.2) is 0 Å². The molecule has 0 spiro atoms. The van der Waals surface area contributed by atoms with E-state index in [1.165, 1.54) is 16.6 Å². The zero-order valence-electron chi connectivity index (χ0n) is 13.2. The molecular weight excluding hydrogens is 278 g/mol. The minimum atomic E-state index is -0.327. The Balaban J connectivity index is 1.88. The zero-order valence-corrected chi connectivity index (χ0v) is 13.2. The second kappa shape index (κ2) is 5.87. The number of carbonyl (C=O) groups is 1. The van der Waals surface area contributed by atoms with Crippen molar-refractivity contribution in [3.05, 3.63) is 23.9 Å². The van der Waals surface area contributed by atoms with Gasteiger partial charge in [0.1, 0.15) is 0 Å². The van der Waals surface area contributed by atoms with Crippen LogP contribution in [0.15, 0.2) is 18.2 Å². The second-order valence-electron chi connectivity index (χ2n) is 5.63. The maximum absolute atomic E-state index is 11.2. The Labute approximate surface area is 130 Å². The number of carbonyl (C=O) groups excluding carboxylic acids is 1. The highest BCUT2D eigenvalue weighted by Crippen LogP contribution is 2.26. The molecule has 2 aromatic rings. The maximum Gasteiger partial charge on any atom is 0.314 e. The molecule has 1 aliphatic rings. The van der Waals surface area contributed by atoms with Gasteiger partial charge >= 0.3 is 6.03 Å². The summed E-state index contributed by atoms with van der Waals surface area (Å²) in [5.74, 6) is 0. The van der Waals surface area contributed by atoms with E-state index in [1.807, 2.05) is 0 Å². The fraction of sp³-hybridized carbons (Fsp3) is 0.500. The Bertz CT molecular complexity index is 685. The van der Waals surface area contributed by atoms with E-state index in [1.54, 1.807) is 4.90 Å². The van der Waals surface area contributed by atoms with Crippen LogP contribution in [-0.2, 0) is 13.0 Å². The Hall–Kier alpha value is -2.24. The average molecular weight is 301 g/mol. The van der Waals surface area contributed by atoms with Crippen molar-refractivity contribution in [2.75, 3.05) is 31.1 Å². The van der Waals surface area contributed by atoms with Crippen LogP contribution in [0.4, 0.5) is 10.5 Å². The third kappa shape index (κ3) is 2.49. The molecule has 6 heteroatoms. The van der Waals surface area contributed by atoms with E-state index in [4.69, 9.17) is 5.73 Å². The van der Waals surface area contributed by atoms with Crippen molar-refractivity contribution < 1.29 is 4.79 Å². The predicted octanol–water partition coefficient (Wildman–Crippen LogP) is 1.82. The molecule has 1 aliphatic heterocycles. The average Bonchev–Trinajstić information content (AvgIpc) is 2.92. The Morgan fingerprint density at radius 2 is 1.95 bits per heavy atom. The first-order valence-corrected chi connectivity index (χ1v) is 7.92. The van der Waals surface area contributed by atoms with Crippen LogP contribution in [0.2, 0.25) is 0 Å². The minimum Gasteiger partial charge on any atom is -0.368 e. The number of hydrogen-bond acceptors (Lipinski definition) is 3. The number of nitrogens with two attached hydrogens (primary N) is 1. The Morgan fingerprint density at radius 1 is 1.23 bits per heavy atom. The number of piperazine rings is 1. The van der Waals surface area contributed by atoms with Crippen molar-refractivity contribution in [2.45, 2.75) is 26.8 Å². The van der Waals surface area contributed by atoms with Gasteiger partial charge in [0.05, 0.1) is 11.2 Å². The molecule has 3 rings (SSSR count). The van der Waals surface area contributed by atoms with Gasteiger partial charge in [-0.2, -0.15) is 5.10 Å². The number of aromatic nitrogens is 2. The third-order valence-corrected chi connectivity index (χ3v) is 4.40. The highest BCUT2D eigenvalue weighted by Gasteiger charge is 2.20. The van der Waals surface area contributed by atoms with Gasteiger partial charge in [-0.3, -0.25) is 4.68 Å². The van der Waals surface area contributed by atoms with Crippen molar-refractivity contribution >= 4 is 22.6 Å². The predicted molar refractivity (Wildman–Crippen MR) is 88.2 cm³/mol. The molecule has 1 aromatic heterocycles. The van der Waals surface area contributed by atoms with E-state index >= 15 is 0 Å². The van der Waals surface area contributed by atoms with Crippen LogP contribution in [0, 0.1) is 0 Å². The van der Waals surface area contributed by atoms with Gasteiger partial charge in [-0.1, -0.05) is 6.92 Å². The molecule has 2 heterocycles. The Kier molecular flexibility index (Phi) is 3.92. The van der Waals surface area contributed by atoms with Gasteiger partial charge in [-0.05, 0) is 31.5 Å². The number of hydrogen-bond donors (Lipinski definition) is 1. The molecule has 118 valence electrons. The lowest BCUT2D eigenvalue weighted by Gasteiger charge is -2.35. The molecule has 22 heavy (non-hydrogen) atoms. The number of benzene rings is 1. The summed E-state index contributed by atoms with van der Waals surface area (Å²) in [4.78, 5) is 15.2. The molecular formula is C16H23N5O. The molecule has 2 N–H and O–H groups in total. The zero-order chi connectivity index (χ0) is 15.7. The number of primary amides is 1. The minimum absolute atomic E-state index is 0.327. The molecule has 1 fully saturated rings.